The van der Waals surface area contributed by atoms with Gasteiger partial charge in [-0.25, -0.2) is 0 Å². The number of carboxylic acid groups (broad SMARTS) is 1. The maximum absolute atomic E-state index is 12.7. The number of hydrogen-bond acceptors (Lipinski definition) is 7. The lowest BCUT2D eigenvalue weighted by Gasteiger charge is -2.27. The SMILES string of the molecule is CC(NC(=O)CNC(=O)C(NC(=O)CN)C(C)C)C(=O)N1CCCC1C(=O)NCC(=O)O. The Morgan fingerprint density at radius 3 is 2.22 bits per heavy atom. The smallest absolute Gasteiger partial charge is 0.322 e. The molecule has 1 rings (SSSR count). The van der Waals surface area contributed by atoms with E-state index < -0.39 is 66.7 Å². The molecule has 0 aromatic heterocycles. The first kappa shape index (κ1) is 26.8. The number of carboxylic acids is 1. The second-order valence-corrected chi connectivity index (χ2v) is 7.80. The number of carbonyl (C=O) groups is 6. The second kappa shape index (κ2) is 12.6. The van der Waals surface area contributed by atoms with Crippen LogP contribution in [-0.4, -0.2) is 89.8 Å². The van der Waals surface area contributed by atoms with Crippen LogP contribution < -0.4 is 27.0 Å². The van der Waals surface area contributed by atoms with Gasteiger partial charge in [-0.05, 0) is 25.7 Å². The number of likely N-dealkylation sites (tertiary alicyclic amines) is 1. The third-order valence-corrected chi connectivity index (χ3v) is 4.87. The second-order valence-electron chi connectivity index (χ2n) is 7.80. The number of nitrogens with one attached hydrogen (secondary N) is 4. The largest absolute Gasteiger partial charge is 0.480 e. The topological polar surface area (TPSA) is 200 Å². The number of hydrogen-bond donors (Lipinski definition) is 6. The van der Waals surface area contributed by atoms with Gasteiger partial charge in [-0.15, -0.1) is 0 Å². The Bertz CT molecular complexity index is 742. The maximum atomic E-state index is 12.7. The Morgan fingerprint density at radius 2 is 1.66 bits per heavy atom. The van der Waals surface area contributed by atoms with Crippen LogP contribution in [-0.2, 0) is 28.8 Å². The van der Waals surface area contributed by atoms with E-state index in [2.05, 4.69) is 21.3 Å². The molecule has 0 radical (unpaired) electrons. The first-order valence-corrected chi connectivity index (χ1v) is 10.3. The molecule has 5 amide bonds. The Balaban J connectivity index is 2.58. The Hall–Kier alpha value is -3.22. The van der Waals surface area contributed by atoms with E-state index in [1.165, 1.54) is 11.8 Å². The zero-order valence-corrected chi connectivity index (χ0v) is 18.5. The Morgan fingerprint density at radius 1 is 1.00 bits per heavy atom. The van der Waals surface area contributed by atoms with Gasteiger partial charge in [0.1, 0.15) is 24.7 Å². The lowest BCUT2D eigenvalue weighted by Crippen LogP contribution is -2.55. The van der Waals surface area contributed by atoms with Crippen molar-refractivity contribution in [2.75, 3.05) is 26.2 Å². The molecular weight excluding hydrogens is 424 g/mol. The number of nitrogens with zero attached hydrogens (tertiary/aromatic N) is 1. The third kappa shape index (κ3) is 8.13. The minimum atomic E-state index is -1.20. The van der Waals surface area contributed by atoms with Gasteiger partial charge in [0.15, 0.2) is 0 Å². The molecule has 3 unspecified atom stereocenters. The first-order valence-electron chi connectivity index (χ1n) is 10.3. The van der Waals surface area contributed by atoms with Crippen LogP contribution in [0.5, 0.6) is 0 Å². The van der Waals surface area contributed by atoms with E-state index in [1.54, 1.807) is 13.8 Å². The number of aliphatic carboxylic acids is 1. The van der Waals surface area contributed by atoms with Gasteiger partial charge < -0.3 is 37.0 Å². The van der Waals surface area contributed by atoms with Crippen molar-refractivity contribution in [1.29, 1.82) is 0 Å². The highest BCUT2D eigenvalue weighted by atomic mass is 16.4. The van der Waals surface area contributed by atoms with E-state index in [0.29, 0.717) is 19.4 Å². The highest BCUT2D eigenvalue weighted by molar-refractivity contribution is 5.94. The fourth-order valence-corrected chi connectivity index (χ4v) is 3.23. The highest BCUT2D eigenvalue weighted by Crippen LogP contribution is 2.18. The highest BCUT2D eigenvalue weighted by Gasteiger charge is 2.36. The van der Waals surface area contributed by atoms with Crippen LogP contribution in [0.15, 0.2) is 0 Å². The van der Waals surface area contributed by atoms with Gasteiger partial charge in [0.25, 0.3) is 0 Å². The summed E-state index contributed by atoms with van der Waals surface area (Å²) in [6.07, 6.45) is 0.956. The van der Waals surface area contributed by atoms with Crippen molar-refractivity contribution in [2.24, 2.45) is 11.7 Å². The number of carbonyl (C=O) groups excluding carboxylic acids is 5. The summed E-state index contributed by atoms with van der Waals surface area (Å²) in [4.78, 5) is 72.7. The van der Waals surface area contributed by atoms with Crippen LogP contribution in [0.3, 0.4) is 0 Å². The predicted octanol–water partition coefficient (Wildman–Crippen LogP) is -3.10. The minimum Gasteiger partial charge on any atom is -0.480 e. The van der Waals surface area contributed by atoms with Crippen molar-refractivity contribution in [3.8, 4) is 0 Å². The van der Waals surface area contributed by atoms with E-state index in [-0.39, 0.29) is 12.5 Å². The standard InChI is InChI=1S/C19H32N6O7/c1-10(2)16(24-13(26)7-20)18(31)21-8-14(27)23-11(3)19(32)25-6-4-5-12(25)17(30)22-9-15(28)29/h10-12,16H,4-9,20H2,1-3H3,(H,21,31)(H,22,30)(H,23,27)(H,24,26)(H,28,29). The summed E-state index contributed by atoms with van der Waals surface area (Å²) in [6.45, 7) is 3.96. The Kier molecular flexibility index (Phi) is 10.5. The normalized spacial score (nSPS) is 17.3. The molecule has 3 atom stereocenters. The molecule has 0 saturated carbocycles. The predicted molar refractivity (Wildman–Crippen MR) is 112 cm³/mol. The van der Waals surface area contributed by atoms with Gasteiger partial charge in [-0.3, -0.25) is 28.8 Å². The lowest BCUT2D eigenvalue weighted by atomic mass is 10.0. The summed E-state index contributed by atoms with van der Waals surface area (Å²) >= 11 is 0. The maximum Gasteiger partial charge on any atom is 0.322 e. The van der Waals surface area contributed by atoms with Crippen LogP contribution in [0.2, 0.25) is 0 Å². The summed E-state index contributed by atoms with van der Waals surface area (Å²) in [6, 6.07) is -2.64. The van der Waals surface area contributed by atoms with Gasteiger partial charge in [0, 0.05) is 6.54 Å². The molecule has 1 fully saturated rings. The van der Waals surface area contributed by atoms with E-state index in [1.807, 2.05) is 0 Å². The summed E-state index contributed by atoms with van der Waals surface area (Å²) in [5, 5.41) is 18.3. The lowest BCUT2D eigenvalue weighted by molar-refractivity contribution is -0.142. The molecule has 0 spiro atoms. The van der Waals surface area contributed by atoms with Gasteiger partial charge in [0.2, 0.25) is 29.5 Å². The van der Waals surface area contributed by atoms with E-state index in [0.717, 1.165) is 0 Å². The van der Waals surface area contributed by atoms with Crippen molar-refractivity contribution in [1.82, 2.24) is 26.2 Å². The summed E-state index contributed by atoms with van der Waals surface area (Å²) < 4.78 is 0. The van der Waals surface area contributed by atoms with E-state index in [4.69, 9.17) is 10.8 Å². The average Bonchev–Trinajstić information content (AvgIpc) is 3.22. The Labute approximate surface area is 185 Å². The molecule has 0 aliphatic carbocycles. The molecule has 1 heterocycles. The molecule has 180 valence electrons. The molecule has 7 N–H and O–H groups in total. The minimum absolute atomic E-state index is 0.242. The van der Waals surface area contributed by atoms with Crippen molar-refractivity contribution >= 4 is 35.5 Å². The van der Waals surface area contributed by atoms with Crippen LogP contribution in [0, 0.1) is 5.92 Å². The van der Waals surface area contributed by atoms with Crippen molar-refractivity contribution in [2.45, 2.75) is 51.7 Å². The molecule has 13 nitrogen and oxygen atoms in total. The van der Waals surface area contributed by atoms with E-state index >= 15 is 0 Å². The van der Waals surface area contributed by atoms with Crippen LogP contribution >= 0.6 is 0 Å². The van der Waals surface area contributed by atoms with Gasteiger partial charge >= 0.3 is 5.97 Å². The van der Waals surface area contributed by atoms with Crippen LogP contribution in [0.4, 0.5) is 0 Å². The summed E-state index contributed by atoms with van der Waals surface area (Å²) in [7, 11) is 0. The van der Waals surface area contributed by atoms with Crippen molar-refractivity contribution in [3.63, 3.8) is 0 Å². The van der Waals surface area contributed by atoms with Crippen molar-refractivity contribution in [3.05, 3.63) is 0 Å². The van der Waals surface area contributed by atoms with E-state index in [9.17, 15) is 28.8 Å². The molecular formula is C19H32N6O7. The van der Waals surface area contributed by atoms with Crippen LogP contribution in [0.25, 0.3) is 0 Å². The molecule has 1 aliphatic rings. The van der Waals surface area contributed by atoms with Crippen molar-refractivity contribution < 1.29 is 33.9 Å². The molecule has 32 heavy (non-hydrogen) atoms. The van der Waals surface area contributed by atoms with Crippen LogP contribution in [0.1, 0.15) is 33.6 Å². The summed E-state index contributed by atoms with van der Waals surface area (Å²) in [5.41, 5.74) is 5.24. The number of amides is 5. The fourth-order valence-electron chi connectivity index (χ4n) is 3.23. The molecule has 13 heteroatoms. The first-order chi connectivity index (χ1) is 15.0. The molecule has 1 saturated heterocycles. The molecule has 0 bridgehead atoms. The monoisotopic (exact) mass is 456 g/mol. The molecule has 0 aromatic carbocycles. The van der Waals surface area contributed by atoms with Gasteiger partial charge in [-0.1, -0.05) is 13.8 Å². The average molecular weight is 457 g/mol. The molecule has 1 aliphatic heterocycles. The number of rotatable bonds is 11. The molecule has 0 aromatic rings. The number of nitrogens with two attached hydrogens (primary N) is 1. The summed E-state index contributed by atoms with van der Waals surface area (Å²) in [5.74, 6) is -4.19. The zero-order valence-electron chi connectivity index (χ0n) is 18.5. The third-order valence-electron chi connectivity index (χ3n) is 4.87. The quantitative estimate of drug-likeness (QED) is 0.188. The fraction of sp³-hybridized carbons (Fsp3) is 0.684. The zero-order chi connectivity index (χ0) is 24.4. The van der Waals surface area contributed by atoms with Gasteiger partial charge in [-0.2, -0.15) is 0 Å². The van der Waals surface area contributed by atoms with Gasteiger partial charge in [0.05, 0.1) is 13.1 Å².